The zero-order valence-corrected chi connectivity index (χ0v) is 13.9. The molecule has 128 valence electrons. The lowest BCUT2D eigenvalue weighted by molar-refractivity contribution is 0.199. The van der Waals surface area contributed by atoms with E-state index in [1.165, 1.54) is 11.1 Å². The first-order valence-corrected chi connectivity index (χ1v) is 8.40. The van der Waals surface area contributed by atoms with Crippen molar-refractivity contribution < 1.29 is 10.2 Å². The topological polar surface area (TPSA) is 81.5 Å². The molecule has 6 heteroatoms. The standard InChI is InChI=1S/C18H24N4O2/c1-13(24)14-3-4-16-12-22(9-6-15(16)11-14)17-5-8-20-18(21-17)19-7-2-10-23/h3-5,8,11,13,23-24H,2,6-7,9-10,12H2,1H3,(H,19,20,21)/t13-/m0/s1. The molecule has 6 nitrogen and oxygen atoms in total. The molecule has 0 amide bonds. The van der Waals surface area contributed by atoms with E-state index in [4.69, 9.17) is 5.11 Å². The Labute approximate surface area is 142 Å². The molecule has 1 aliphatic rings. The minimum absolute atomic E-state index is 0.157. The highest BCUT2D eigenvalue weighted by Crippen LogP contribution is 2.26. The fraction of sp³-hybridized carbons (Fsp3) is 0.444. The molecule has 1 atom stereocenters. The molecule has 2 heterocycles. The van der Waals surface area contributed by atoms with Crippen molar-refractivity contribution in [2.75, 3.05) is 29.9 Å². The van der Waals surface area contributed by atoms with E-state index in [2.05, 4.69) is 32.3 Å². The second-order valence-corrected chi connectivity index (χ2v) is 6.12. The molecule has 1 aliphatic heterocycles. The first-order valence-electron chi connectivity index (χ1n) is 8.40. The van der Waals surface area contributed by atoms with Gasteiger partial charge in [0.25, 0.3) is 0 Å². The Kier molecular flexibility index (Phi) is 5.27. The van der Waals surface area contributed by atoms with Crippen LogP contribution in [0.15, 0.2) is 30.5 Å². The molecule has 1 aromatic carbocycles. The van der Waals surface area contributed by atoms with E-state index in [1.54, 1.807) is 13.1 Å². The van der Waals surface area contributed by atoms with Gasteiger partial charge in [0, 0.05) is 32.4 Å². The van der Waals surface area contributed by atoms with Gasteiger partial charge in [-0.15, -0.1) is 0 Å². The maximum absolute atomic E-state index is 9.72. The second-order valence-electron chi connectivity index (χ2n) is 6.12. The quantitative estimate of drug-likeness (QED) is 0.703. The molecule has 0 saturated heterocycles. The monoisotopic (exact) mass is 328 g/mol. The molecule has 2 aromatic rings. The van der Waals surface area contributed by atoms with Crippen LogP contribution < -0.4 is 10.2 Å². The number of aromatic nitrogens is 2. The van der Waals surface area contributed by atoms with Gasteiger partial charge in [-0.1, -0.05) is 18.2 Å². The van der Waals surface area contributed by atoms with E-state index in [9.17, 15) is 5.11 Å². The van der Waals surface area contributed by atoms with Gasteiger partial charge in [0.15, 0.2) is 0 Å². The van der Waals surface area contributed by atoms with Crippen molar-refractivity contribution in [2.24, 2.45) is 0 Å². The van der Waals surface area contributed by atoms with E-state index < -0.39 is 6.10 Å². The number of fused-ring (bicyclic) bond motifs is 1. The number of aliphatic hydroxyl groups excluding tert-OH is 2. The summed E-state index contributed by atoms with van der Waals surface area (Å²) in [7, 11) is 0. The smallest absolute Gasteiger partial charge is 0.224 e. The summed E-state index contributed by atoms with van der Waals surface area (Å²) in [5.74, 6) is 1.50. The summed E-state index contributed by atoms with van der Waals surface area (Å²) in [4.78, 5) is 11.0. The Morgan fingerprint density at radius 2 is 2.17 bits per heavy atom. The third-order valence-corrected chi connectivity index (χ3v) is 4.31. The van der Waals surface area contributed by atoms with Crippen LogP contribution >= 0.6 is 0 Å². The van der Waals surface area contributed by atoms with Gasteiger partial charge in [-0.3, -0.25) is 0 Å². The summed E-state index contributed by atoms with van der Waals surface area (Å²) in [6.07, 6.45) is 2.95. The Morgan fingerprint density at radius 3 is 2.96 bits per heavy atom. The minimum atomic E-state index is -0.428. The van der Waals surface area contributed by atoms with Crippen molar-refractivity contribution in [2.45, 2.75) is 32.4 Å². The van der Waals surface area contributed by atoms with Crippen molar-refractivity contribution in [3.63, 3.8) is 0 Å². The maximum atomic E-state index is 9.72. The predicted octanol–water partition coefficient (Wildman–Crippen LogP) is 1.89. The van der Waals surface area contributed by atoms with Gasteiger partial charge in [-0.05, 0) is 42.5 Å². The van der Waals surface area contributed by atoms with E-state index in [0.717, 1.165) is 30.9 Å². The average molecular weight is 328 g/mol. The van der Waals surface area contributed by atoms with Gasteiger partial charge in [0.2, 0.25) is 5.95 Å². The average Bonchev–Trinajstić information content (AvgIpc) is 2.61. The fourth-order valence-electron chi connectivity index (χ4n) is 2.92. The van der Waals surface area contributed by atoms with E-state index in [0.29, 0.717) is 18.9 Å². The molecule has 0 saturated carbocycles. The fourth-order valence-corrected chi connectivity index (χ4v) is 2.92. The van der Waals surface area contributed by atoms with E-state index >= 15 is 0 Å². The third-order valence-electron chi connectivity index (χ3n) is 4.31. The normalized spacial score (nSPS) is 15.0. The van der Waals surface area contributed by atoms with Crippen LogP contribution in [0.1, 0.15) is 36.1 Å². The molecular weight excluding hydrogens is 304 g/mol. The molecule has 0 bridgehead atoms. The van der Waals surface area contributed by atoms with Gasteiger partial charge < -0.3 is 20.4 Å². The molecular formula is C18H24N4O2. The summed E-state index contributed by atoms with van der Waals surface area (Å²) in [5.41, 5.74) is 3.55. The molecule has 3 rings (SSSR count). The number of hydrogen-bond acceptors (Lipinski definition) is 6. The van der Waals surface area contributed by atoms with Crippen LogP contribution in [-0.4, -0.2) is 39.9 Å². The molecule has 0 spiro atoms. The van der Waals surface area contributed by atoms with Crippen LogP contribution in [0.5, 0.6) is 0 Å². The van der Waals surface area contributed by atoms with Gasteiger partial charge in [-0.2, -0.15) is 4.98 Å². The lowest BCUT2D eigenvalue weighted by Gasteiger charge is -2.30. The Morgan fingerprint density at radius 1 is 1.29 bits per heavy atom. The highest BCUT2D eigenvalue weighted by Gasteiger charge is 2.18. The summed E-state index contributed by atoms with van der Waals surface area (Å²) >= 11 is 0. The number of benzene rings is 1. The number of hydrogen-bond donors (Lipinski definition) is 3. The van der Waals surface area contributed by atoms with Crippen LogP contribution in [-0.2, 0) is 13.0 Å². The predicted molar refractivity (Wildman–Crippen MR) is 94.1 cm³/mol. The van der Waals surface area contributed by atoms with Crippen molar-refractivity contribution in [3.05, 3.63) is 47.2 Å². The van der Waals surface area contributed by atoms with Crippen molar-refractivity contribution in [1.82, 2.24) is 9.97 Å². The highest BCUT2D eigenvalue weighted by molar-refractivity contribution is 5.47. The molecule has 24 heavy (non-hydrogen) atoms. The summed E-state index contributed by atoms with van der Waals surface area (Å²) in [5, 5.41) is 21.7. The number of nitrogens with zero attached hydrogens (tertiary/aromatic N) is 3. The maximum Gasteiger partial charge on any atom is 0.224 e. The van der Waals surface area contributed by atoms with Gasteiger partial charge in [0.05, 0.1) is 6.10 Å². The van der Waals surface area contributed by atoms with Crippen LogP contribution in [0, 0.1) is 0 Å². The molecule has 1 aromatic heterocycles. The van der Waals surface area contributed by atoms with Gasteiger partial charge in [0.1, 0.15) is 5.82 Å². The first kappa shape index (κ1) is 16.7. The lowest BCUT2D eigenvalue weighted by atomic mass is 9.96. The van der Waals surface area contributed by atoms with Crippen LogP contribution in [0.25, 0.3) is 0 Å². The highest BCUT2D eigenvalue weighted by atomic mass is 16.3. The van der Waals surface area contributed by atoms with Crippen LogP contribution in [0.3, 0.4) is 0 Å². The van der Waals surface area contributed by atoms with Gasteiger partial charge >= 0.3 is 0 Å². The van der Waals surface area contributed by atoms with E-state index in [1.807, 2.05) is 12.1 Å². The van der Waals surface area contributed by atoms with Gasteiger partial charge in [-0.25, -0.2) is 4.98 Å². The first-order chi connectivity index (χ1) is 11.7. The largest absolute Gasteiger partial charge is 0.396 e. The number of nitrogens with one attached hydrogen (secondary N) is 1. The van der Waals surface area contributed by atoms with Crippen molar-refractivity contribution >= 4 is 11.8 Å². The summed E-state index contributed by atoms with van der Waals surface area (Å²) in [6.45, 7) is 4.31. The summed E-state index contributed by atoms with van der Waals surface area (Å²) < 4.78 is 0. The van der Waals surface area contributed by atoms with Crippen LogP contribution in [0.4, 0.5) is 11.8 Å². The number of anilines is 2. The lowest BCUT2D eigenvalue weighted by Crippen LogP contribution is -2.31. The molecule has 0 fully saturated rings. The third kappa shape index (κ3) is 3.83. The molecule has 0 radical (unpaired) electrons. The Bertz CT molecular complexity index is 690. The van der Waals surface area contributed by atoms with Crippen molar-refractivity contribution in [1.29, 1.82) is 0 Å². The van der Waals surface area contributed by atoms with Crippen LogP contribution in [0.2, 0.25) is 0 Å². The summed E-state index contributed by atoms with van der Waals surface area (Å²) in [6, 6.07) is 8.13. The minimum Gasteiger partial charge on any atom is -0.396 e. The second kappa shape index (κ2) is 7.59. The number of rotatable bonds is 6. The zero-order valence-electron chi connectivity index (χ0n) is 13.9. The number of aliphatic hydroxyl groups is 2. The molecule has 3 N–H and O–H groups in total. The van der Waals surface area contributed by atoms with Crippen molar-refractivity contribution in [3.8, 4) is 0 Å². The van der Waals surface area contributed by atoms with E-state index in [-0.39, 0.29) is 6.61 Å². The zero-order chi connectivity index (χ0) is 16.9. The SMILES string of the molecule is C[C@H](O)c1ccc2c(c1)CCN(c1ccnc(NCCCO)n1)C2. The Hall–Kier alpha value is -2.18. The molecule has 0 aliphatic carbocycles. The molecule has 0 unspecified atom stereocenters. The Balaban J connectivity index is 1.72.